The van der Waals surface area contributed by atoms with Crippen molar-refractivity contribution in [2.24, 2.45) is 5.92 Å². The standard InChI is InChI=1S/C22H29NO/c1-4-18(2)17-22(21(24)15-16-23-3,19-11-7-5-8-12-19)20-13-9-6-10-14-20/h5-14,18,23H,4,15-17H2,1-3H3. The summed E-state index contributed by atoms with van der Waals surface area (Å²) in [5, 5.41) is 3.12. The van der Waals surface area contributed by atoms with E-state index < -0.39 is 5.41 Å². The van der Waals surface area contributed by atoms with Gasteiger partial charge in [0, 0.05) is 13.0 Å². The molecule has 2 aromatic rings. The van der Waals surface area contributed by atoms with Crippen LogP contribution in [0.4, 0.5) is 0 Å². The van der Waals surface area contributed by atoms with Crippen LogP contribution in [-0.2, 0) is 10.2 Å². The van der Waals surface area contributed by atoms with E-state index in [-0.39, 0.29) is 0 Å². The minimum Gasteiger partial charge on any atom is -0.319 e. The fourth-order valence-corrected chi connectivity index (χ4v) is 3.40. The van der Waals surface area contributed by atoms with Crippen molar-refractivity contribution in [1.82, 2.24) is 5.32 Å². The Morgan fingerprint density at radius 1 is 1.00 bits per heavy atom. The Bertz CT molecular complexity index is 581. The lowest BCUT2D eigenvalue weighted by Crippen LogP contribution is -2.40. The molecule has 2 aromatic carbocycles. The Morgan fingerprint density at radius 2 is 1.50 bits per heavy atom. The van der Waals surface area contributed by atoms with Gasteiger partial charge in [-0.25, -0.2) is 0 Å². The molecular weight excluding hydrogens is 294 g/mol. The second-order valence-corrected chi connectivity index (χ2v) is 6.63. The van der Waals surface area contributed by atoms with Gasteiger partial charge in [0.05, 0.1) is 5.41 Å². The Morgan fingerprint density at radius 3 is 1.92 bits per heavy atom. The predicted molar refractivity (Wildman–Crippen MR) is 101 cm³/mol. The van der Waals surface area contributed by atoms with Crippen LogP contribution in [0.3, 0.4) is 0 Å². The van der Waals surface area contributed by atoms with Gasteiger partial charge in [-0.2, -0.15) is 0 Å². The first-order chi connectivity index (χ1) is 11.6. The maximum atomic E-state index is 13.4. The van der Waals surface area contributed by atoms with Gasteiger partial charge in [-0.15, -0.1) is 0 Å². The zero-order valence-electron chi connectivity index (χ0n) is 15.1. The van der Waals surface area contributed by atoms with Crippen molar-refractivity contribution in [2.75, 3.05) is 13.6 Å². The molecule has 1 N–H and O–H groups in total. The van der Waals surface area contributed by atoms with Crippen molar-refractivity contribution in [2.45, 2.75) is 38.5 Å². The molecule has 2 nitrogen and oxygen atoms in total. The summed E-state index contributed by atoms with van der Waals surface area (Å²) in [6, 6.07) is 20.6. The van der Waals surface area contributed by atoms with Crippen LogP contribution in [0.15, 0.2) is 60.7 Å². The molecule has 0 aliphatic rings. The highest BCUT2D eigenvalue weighted by atomic mass is 16.1. The molecule has 2 heteroatoms. The maximum absolute atomic E-state index is 13.4. The number of rotatable bonds is 9. The Labute approximate surface area is 146 Å². The molecule has 2 rings (SSSR count). The summed E-state index contributed by atoms with van der Waals surface area (Å²) in [5.41, 5.74) is 1.66. The Hall–Kier alpha value is -1.93. The first-order valence-corrected chi connectivity index (χ1v) is 8.94. The van der Waals surface area contributed by atoms with Crippen molar-refractivity contribution >= 4 is 5.78 Å². The van der Waals surface area contributed by atoms with Gasteiger partial charge in [-0.05, 0) is 30.5 Å². The largest absolute Gasteiger partial charge is 0.319 e. The van der Waals surface area contributed by atoms with E-state index in [1.54, 1.807) is 0 Å². The van der Waals surface area contributed by atoms with Gasteiger partial charge in [-0.3, -0.25) is 4.79 Å². The highest BCUT2D eigenvalue weighted by Crippen LogP contribution is 2.40. The topological polar surface area (TPSA) is 29.1 Å². The van der Waals surface area contributed by atoms with Crippen LogP contribution in [0.2, 0.25) is 0 Å². The molecule has 0 aliphatic heterocycles. The summed E-state index contributed by atoms with van der Waals surface area (Å²) in [6.07, 6.45) is 2.46. The number of carbonyl (C=O) groups is 1. The molecule has 128 valence electrons. The van der Waals surface area contributed by atoms with Crippen LogP contribution in [0.5, 0.6) is 0 Å². The van der Waals surface area contributed by atoms with E-state index in [9.17, 15) is 4.79 Å². The molecule has 1 atom stereocenters. The van der Waals surface area contributed by atoms with Crippen molar-refractivity contribution in [1.29, 1.82) is 0 Å². The molecular formula is C22H29NO. The van der Waals surface area contributed by atoms with Gasteiger partial charge < -0.3 is 5.32 Å². The van der Waals surface area contributed by atoms with E-state index in [0.717, 1.165) is 24.0 Å². The van der Waals surface area contributed by atoms with E-state index in [1.165, 1.54) is 0 Å². The summed E-state index contributed by atoms with van der Waals surface area (Å²) < 4.78 is 0. The van der Waals surface area contributed by atoms with Crippen LogP contribution >= 0.6 is 0 Å². The second-order valence-electron chi connectivity index (χ2n) is 6.63. The van der Waals surface area contributed by atoms with Crippen LogP contribution in [-0.4, -0.2) is 19.4 Å². The molecule has 0 saturated heterocycles. The molecule has 1 unspecified atom stereocenters. The van der Waals surface area contributed by atoms with Crippen molar-refractivity contribution in [3.63, 3.8) is 0 Å². The van der Waals surface area contributed by atoms with E-state index in [4.69, 9.17) is 0 Å². The maximum Gasteiger partial charge on any atom is 0.149 e. The van der Waals surface area contributed by atoms with Gasteiger partial charge >= 0.3 is 0 Å². The Kier molecular flexibility index (Phi) is 6.74. The van der Waals surface area contributed by atoms with E-state index in [1.807, 2.05) is 43.4 Å². The summed E-state index contributed by atoms with van der Waals surface area (Å²) in [6.45, 7) is 5.15. The van der Waals surface area contributed by atoms with Gasteiger partial charge in [-0.1, -0.05) is 80.9 Å². The molecule has 0 saturated carbocycles. The molecule has 0 amide bonds. The third-order valence-corrected chi connectivity index (χ3v) is 4.96. The second kappa shape index (κ2) is 8.79. The minimum atomic E-state index is -0.561. The molecule has 0 aromatic heterocycles. The lowest BCUT2D eigenvalue weighted by atomic mass is 9.65. The molecule has 0 fully saturated rings. The predicted octanol–water partition coefficient (Wildman–Crippen LogP) is 4.59. The summed E-state index contributed by atoms with van der Waals surface area (Å²) in [7, 11) is 1.90. The SMILES string of the molecule is CCC(C)CC(C(=O)CCNC)(c1ccccc1)c1ccccc1. The van der Waals surface area contributed by atoms with Crippen LogP contribution in [0.1, 0.15) is 44.2 Å². The molecule has 0 bridgehead atoms. The van der Waals surface area contributed by atoms with Crippen molar-refractivity contribution in [3.8, 4) is 0 Å². The van der Waals surface area contributed by atoms with Crippen LogP contribution < -0.4 is 5.32 Å². The smallest absolute Gasteiger partial charge is 0.149 e. The van der Waals surface area contributed by atoms with E-state index >= 15 is 0 Å². The summed E-state index contributed by atoms with van der Waals surface area (Å²) in [4.78, 5) is 13.4. The fraction of sp³-hybridized carbons (Fsp3) is 0.409. The van der Waals surface area contributed by atoms with E-state index in [0.29, 0.717) is 24.7 Å². The number of hydrogen-bond donors (Lipinski definition) is 1. The lowest BCUT2D eigenvalue weighted by molar-refractivity contribution is -0.123. The highest BCUT2D eigenvalue weighted by Gasteiger charge is 2.41. The number of nitrogens with one attached hydrogen (secondary N) is 1. The lowest BCUT2D eigenvalue weighted by Gasteiger charge is -2.36. The van der Waals surface area contributed by atoms with Gasteiger partial charge in [0.25, 0.3) is 0 Å². The normalized spacial score (nSPS) is 12.8. The van der Waals surface area contributed by atoms with Gasteiger partial charge in [0.2, 0.25) is 0 Å². The third kappa shape index (κ3) is 3.93. The fourth-order valence-electron chi connectivity index (χ4n) is 3.40. The summed E-state index contributed by atoms with van der Waals surface area (Å²) >= 11 is 0. The zero-order valence-corrected chi connectivity index (χ0v) is 15.1. The monoisotopic (exact) mass is 323 g/mol. The molecule has 0 radical (unpaired) electrons. The minimum absolute atomic E-state index is 0.301. The average Bonchev–Trinajstić information content (AvgIpc) is 2.65. The Balaban J connectivity index is 2.61. The van der Waals surface area contributed by atoms with Crippen molar-refractivity contribution < 1.29 is 4.79 Å². The van der Waals surface area contributed by atoms with Crippen LogP contribution in [0.25, 0.3) is 0 Å². The van der Waals surface area contributed by atoms with E-state index in [2.05, 4.69) is 43.4 Å². The first-order valence-electron chi connectivity index (χ1n) is 8.94. The number of benzene rings is 2. The van der Waals surface area contributed by atoms with Crippen LogP contribution in [0, 0.1) is 5.92 Å². The third-order valence-electron chi connectivity index (χ3n) is 4.96. The van der Waals surface area contributed by atoms with Crippen molar-refractivity contribution in [3.05, 3.63) is 71.8 Å². The molecule has 0 aliphatic carbocycles. The number of carbonyl (C=O) groups excluding carboxylic acids is 1. The summed E-state index contributed by atoms with van der Waals surface area (Å²) in [5.74, 6) is 0.776. The zero-order chi connectivity index (χ0) is 17.4. The quantitative estimate of drug-likeness (QED) is 0.731. The molecule has 24 heavy (non-hydrogen) atoms. The van der Waals surface area contributed by atoms with Gasteiger partial charge in [0.15, 0.2) is 0 Å². The number of ketones is 1. The highest BCUT2D eigenvalue weighted by molar-refractivity contribution is 5.94. The first kappa shape index (κ1) is 18.4. The number of Topliss-reactive ketones (excluding diaryl/α,β-unsaturated/α-hetero) is 1. The molecule has 0 spiro atoms. The average molecular weight is 323 g/mol. The molecule has 0 heterocycles. The number of hydrogen-bond acceptors (Lipinski definition) is 2. The van der Waals surface area contributed by atoms with Gasteiger partial charge in [0.1, 0.15) is 5.78 Å².